The molecule has 5 nitrogen and oxygen atoms in total. The van der Waals surface area contributed by atoms with E-state index in [0.717, 1.165) is 22.3 Å². The summed E-state index contributed by atoms with van der Waals surface area (Å²) in [7, 11) is 1.90. The summed E-state index contributed by atoms with van der Waals surface area (Å²) in [5.74, 6) is 0.721. The number of nitrogens with two attached hydrogens (primary N) is 1. The molecule has 5 heteroatoms. The first-order valence-corrected chi connectivity index (χ1v) is 5.25. The molecular formula is C12H12N4O. The number of nitrogens with zero attached hydrogens (tertiary/aromatic N) is 2. The number of para-hydroxylation sites is 1. The molecular weight excluding hydrogens is 216 g/mol. The summed E-state index contributed by atoms with van der Waals surface area (Å²) >= 11 is 0. The van der Waals surface area contributed by atoms with Crippen molar-refractivity contribution < 1.29 is 5.11 Å². The van der Waals surface area contributed by atoms with Crippen LogP contribution in [0.3, 0.4) is 0 Å². The number of phenols is 1. The van der Waals surface area contributed by atoms with Gasteiger partial charge in [0.05, 0.1) is 16.9 Å². The summed E-state index contributed by atoms with van der Waals surface area (Å²) in [6, 6.07) is 9.21. The lowest BCUT2D eigenvalue weighted by Gasteiger charge is -2.02. The van der Waals surface area contributed by atoms with Gasteiger partial charge in [-0.05, 0) is 12.1 Å². The Morgan fingerprint density at radius 2 is 2.18 bits per heavy atom. The summed E-state index contributed by atoms with van der Waals surface area (Å²) < 4.78 is 1.91. The first kappa shape index (κ1) is 9.77. The normalized spacial score (nSPS) is 11.1. The molecule has 3 aromatic rings. The predicted molar refractivity (Wildman–Crippen MR) is 66.6 cm³/mol. The highest BCUT2D eigenvalue weighted by Gasteiger charge is 2.12. The Bertz CT molecular complexity index is 696. The lowest BCUT2D eigenvalue weighted by atomic mass is 10.2. The standard InChI is InChI=1S/C12H12N4O/c1-16-9(8-6-11(13)15-14-8)5-7-3-2-4-10(17)12(7)16/h2-6,17H,1H3,(H3,13,14,15). The number of hydrogen-bond acceptors (Lipinski definition) is 3. The molecule has 0 saturated heterocycles. The fourth-order valence-electron chi connectivity index (χ4n) is 2.12. The molecule has 0 bridgehead atoms. The molecule has 0 aliphatic rings. The van der Waals surface area contributed by atoms with Crippen LogP contribution in [0.5, 0.6) is 5.75 Å². The molecule has 0 spiro atoms. The number of aryl methyl sites for hydroxylation is 1. The summed E-state index contributed by atoms with van der Waals surface area (Å²) in [5, 5.41) is 17.6. The number of phenolic OH excluding ortho intramolecular Hbond substituents is 1. The van der Waals surface area contributed by atoms with E-state index >= 15 is 0 Å². The van der Waals surface area contributed by atoms with Gasteiger partial charge in [-0.1, -0.05) is 12.1 Å². The van der Waals surface area contributed by atoms with Crippen molar-refractivity contribution in [3.05, 3.63) is 30.3 Å². The summed E-state index contributed by atoms with van der Waals surface area (Å²) in [4.78, 5) is 0. The third-order valence-electron chi connectivity index (χ3n) is 2.91. The van der Waals surface area contributed by atoms with Crippen LogP contribution in [0, 0.1) is 0 Å². The van der Waals surface area contributed by atoms with Crippen LogP contribution in [-0.4, -0.2) is 19.9 Å². The van der Waals surface area contributed by atoms with Gasteiger partial charge < -0.3 is 15.4 Å². The molecule has 0 aliphatic carbocycles. The first-order chi connectivity index (χ1) is 8.16. The van der Waals surface area contributed by atoms with Crippen molar-refractivity contribution in [3.63, 3.8) is 0 Å². The first-order valence-electron chi connectivity index (χ1n) is 5.25. The number of benzene rings is 1. The molecule has 0 saturated carbocycles. The van der Waals surface area contributed by atoms with Gasteiger partial charge in [0, 0.05) is 18.5 Å². The zero-order valence-electron chi connectivity index (χ0n) is 9.31. The number of nitrogen functional groups attached to an aromatic ring is 1. The molecule has 1 aromatic carbocycles. The van der Waals surface area contributed by atoms with Gasteiger partial charge in [0.1, 0.15) is 11.6 Å². The van der Waals surface area contributed by atoms with Crippen LogP contribution in [0.15, 0.2) is 30.3 Å². The molecule has 0 atom stereocenters. The highest BCUT2D eigenvalue weighted by molar-refractivity contribution is 5.90. The molecule has 86 valence electrons. The van der Waals surface area contributed by atoms with Gasteiger partial charge in [0.2, 0.25) is 0 Å². The zero-order chi connectivity index (χ0) is 12.0. The van der Waals surface area contributed by atoms with E-state index in [4.69, 9.17) is 5.73 Å². The van der Waals surface area contributed by atoms with E-state index in [0.29, 0.717) is 5.82 Å². The third-order valence-corrected chi connectivity index (χ3v) is 2.91. The Labute approximate surface area is 97.5 Å². The maximum atomic E-state index is 9.85. The van der Waals surface area contributed by atoms with Crippen LogP contribution in [0.25, 0.3) is 22.3 Å². The van der Waals surface area contributed by atoms with Crippen LogP contribution < -0.4 is 5.73 Å². The molecule has 0 aliphatic heterocycles. The minimum absolute atomic E-state index is 0.267. The van der Waals surface area contributed by atoms with Crippen molar-refractivity contribution in [2.45, 2.75) is 0 Å². The molecule has 0 unspecified atom stereocenters. The van der Waals surface area contributed by atoms with Crippen molar-refractivity contribution in [3.8, 4) is 17.1 Å². The quantitative estimate of drug-likeness (QED) is 0.594. The Morgan fingerprint density at radius 3 is 2.82 bits per heavy atom. The molecule has 2 heterocycles. The lowest BCUT2D eigenvalue weighted by Crippen LogP contribution is -1.91. The van der Waals surface area contributed by atoms with Crippen molar-refractivity contribution in [1.29, 1.82) is 0 Å². The number of anilines is 1. The van der Waals surface area contributed by atoms with E-state index < -0.39 is 0 Å². The fourth-order valence-corrected chi connectivity index (χ4v) is 2.12. The minimum atomic E-state index is 0.267. The minimum Gasteiger partial charge on any atom is -0.506 e. The Hall–Kier alpha value is -2.43. The van der Waals surface area contributed by atoms with E-state index in [1.54, 1.807) is 12.1 Å². The van der Waals surface area contributed by atoms with E-state index in [1.165, 1.54) is 0 Å². The smallest absolute Gasteiger partial charge is 0.145 e. The molecule has 3 rings (SSSR count). The Balaban J connectivity index is 2.32. The maximum absolute atomic E-state index is 9.85. The van der Waals surface area contributed by atoms with E-state index in [9.17, 15) is 5.11 Å². The number of rotatable bonds is 1. The average molecular weight is 228 g/mol. The number of nitrogens with one attached hydrogen (secondary N) is 1. The number of H-pyrrole nitrogens is 1. The predicted octanol–water partition coefficient (Wildman–Crippen LogP) is 1.86. The third kappa shape index (κ3) is 1.36. The molecule has 2 aromatic heterocycles. The molecule has 0 radical (unpaired) electrons. The number of hydrogen-bond donors (Lipinski definition) is 3. The lowest BCUT2D eigenvalue weighted by molar-refractivity contribution is 0.479. The maximum Gasteiger partial charge on any atom is 0.145 e. The van der Waals surface area contributed by atoms with Crippen LogP contribution >= 0.6 is 0 Å². The van der Waals surface area contributed by atoms with Crippen molar-refractivity contribution in [2.75, 3.05) is 5.73 Å². The summed E-state index contributed by atoms with van der Waals surface area (Å²) in [6.07, 6.45) is 0. The van der Waals surface area contributed by atoms with Crippen LogP contribution in [0.4, 0.5) is 5.82 Å². The largest absolute Gasteiger partial charge is 0.506 e. The van der Waals surface area contributed by atoms with Crippen LogP contribution in [0.1, 0.15) is 0 Å². The Morgan fingerprint density at radius 1 is 1.35 bits per heavy atom. The van der Waals surface area contributed by atoms with Gasteiger partial charge in [0.25, 0.3) is 0 Å². The Kier molecular flexibility index (Phi) is 1.89. The van der Waals surface area contributed by atoms with E-state index in [-0.39, 0.29) is 5.75 Å². The zero-order valence-corrected chi connectivity index (χ0v) is 9.31. The van der Waals surface area contributed by atoms with Gasteiger partial charge in [-0.3, -0.25) is 5.10 Å². The second kappa shape index (κ2) is 3.28. The van der Waals surface area contributed by atoms with Gasteiger partial charge in [-0.15, -0.1) is 0 Å². The molecule has 0 amide bonds. The van der Waals surface area contributed by atoms with Crippen LogP contribution in [0.2, 0.25) is 0 Å². The second-order valence-electron chi connectivity index (χ2n) is 4.01. The topological polar surface area (TPSA) is 79.9 Å². The number of aromatic hydroxyl groups is 1. The number of fused-ring (bicyclic) bond motifs is 1. The van der Waals surface area contributed by atoms with Gasteiger partial charge in [-0.2, -0.15) is 5.10 Å². The fraction of sp³-hybridized carbons (Fsp3) is 0.0833. The van der Waals surface area contributed by atoms with Gasteiger partial charge in [0.15, 0.2) is 0 Å². The average Bonchev–Trinajstić information content (AvgIpc) is 2.84. The molecule has 4 N–H and O–H groups in total. The second-order valence-corrected chi connectivity index (χ2v) is 4.01. The van der Waals surface area contributed by atoms with Crippen molar-refractivity contribution >= 4 is 16.7 Å². The SMILES string of the molecule is Cn1c(-c2cc(N)n[nH]2)cc2cccc(O)c21. The number of aromatic amines is 1. The van der Waals surface area contributed by atoms with E-state index in [1.807, 2.05) is 29.8 Å². The molecule has 17 heavy (non-hydrogen) atoms. The number of aromatic nitrogens is 3. The van der Waals surface area contributed by atoms with Gasteiger partial charge in [-0.25, -0.2) is 0 Å². The molecule has 0 fully saturated rings. The van der Waals surface area contributed by atoms with Crippen molar-refractivity contribution in [1.82, 2.24) is 14.8 Å². The highest BCUT2D eigenvalue weighted by Crippen LogP contribution is 2.31. The monoisotopic (exact) mass is 228 g/mol. The van der Waals surface area contributed by atoms with Gasteiger partial charge >= 0.3 is 0 Å². The summed E-state index contributed by atoms with van der Waals surface area (Å²) in [5.41, 5.74) is 8.16. The summed E-state index contributed by atoms with van der Waals surface area (Å²) in [6.45, 7) is 0. The van der Waals surface area contributed by atoms with Crippen molar-refractivity contribution in [2.24, 2.45) is 7.05 Å². The van der Waals surface area contributed by atoms with E-state index in [2.05, 4.69) is 10.2 Å². The van der Waals surface area contributed by atoms with Crippen LogP contribution in [-0.2, 0) is 7.05 Å². The highest BCUT2D eigenvalue weighted by atomic mass is 16.3.